The van der Waals surface area contributed by atoms with Gasteiger partial charge >= 0.3 is 0 Å². The maximum absolute atomic E-state index is 12.4. The van der Waals surface area contributed by atoms with Crippen LogP contribution in [0.3, 0.4) is 0 Å². The molecule has 2 fully saturated rings. The highest BCUT2D eigenvalue weighted by atomic mass is 127. The van der Waals surface area contributed by atoms with E-state index < -0.39 is 0 Å². The van der Waals surface area contributed by atoms with E-state index in [0.717, 1.165) is 63.9 Å². The third kappa shape index (κ3) is 6.94. The number of rotatable bonds is 5. The van der Waals surface area contributed by atoms with Crippen LogP contribution in [0.25, 0.3) is 0 Å². The van der Waals surface area contributed by atoms with Gasteiger partial charge in [0.05, 0.1) is 0 Å². The van der Waals surface area contributed by atoms with E-state index in [0.29, 0.717) is 0 Å². The number of carbonyl (C=O) groups excluding carboxylic acids is 1. The number of guanidine groups is 1. The molecule has 0 radical (unpaired) electrons. The quantitative estimate of drug-likeness (QED) is 0.384. The molecule has 0 spiro atoms. The van der Waals surface area contributed by atoms with Gasteiger partial charge in [0.15, 0.2) is 5.96 Å². The highest BCUT2D eigenvalue weighted by molar-refractivity contribution is 14.0. The van der Waals surface area contributed by atoms with Crippen molar-refractivity contribution in [1.82, 2.24) is 15.1 Å². The predicted molar refractivity (Wildman–Crippen MR) is 126 cm³/mol. The summed E-state index contributed by atoms with van der Waals surface area (Å²) in [6, 6.07) is 10.8. The Morgan fingerprint density at radius 1 is 1.04 bits per heavy atom. The topological polar surface area (TPSA) is 47.9 Å². The molecule has 2 saturated heterocycles. The van der Waals surface area contributed by atoms with Gasteiger partial charge in [0.2, 0.25) is 5.91 Å². The van der Waals surface area contributed by atoms with Crippen molar-refractivity contribution in [2.45, 2.75) is 45.4 Å². The standard InChI is InChI=1S/C22H34N4O.HI/c1-2-23-22(24-18-21(27)25-13-7-4-8-14-25)26-15-11-20(12-16-26)17-19-9-5-3-6-10-19;/h3,5-6,9-10,20H,2,4,7-8,11-18H2,1H3,(H,23,24);1H. The summed E-state index contributed by atoms with van der Waals surface area (Å²) in [5.41, 5.74) is 1.43. The van der Waals surface area contributed by atoms with Crippen LogP contribution in [0.4, 0.5) is 0 Å². The highest BCUT2D eigenvalue weighted by Gasteiger charge is 2.22. The molecule has 0 unspecified atom stereocenters. The van der Waals surface area contributed by atoms with Crippen LogP contribution in [0.15, 0.2) is 35.3 Å². The van der Waals surface area contributed by atoms with Gasteiger partial charge in [-0.05, 0) is 56.9 Å². The fourth-order valence-corrected chi connectivity index (χ4v) is 4.11. The van der Waals surface area contributed by atoms with Crippen LogP contribution in [0.2, 0.25) is 0 Å². The lowest BCUT2D eigenvalue weighted by molar-refractivity contribution is -0.130. The number of halogens is 1. The minimum absolute atomic E-state index is 0. The molecule has 0 bridgehead atoms. The average Bonchev–Trinajstić information content (AvgIpc) is 2.73. The molecular formula is C22H35IN4O. The number of nitrogens with zero attached hydrogens (tertiary/aromatic N) is 3. The van der Waals surface area contributed by atoms with Crippen LogP contribution in [-0.2, 0) is 11.2 Å². The van der Waals surface area contributed by atoms with Gasteiger partial charge in [-0.3, -0.25) is 4.79 Å². The van der Waals surface area contributed by atoms with Crippen molar-refractivity contribution in [3.63, 3.8) is 0 Å². The zero-order valence-corrected chi connectivity index (χ0v) is 19.4. The first-order valence-electron chi connectivity index (χ1n) is 10.6. The number of hydrogen-bond acceptors (Lipinski definition) is 2. The van der Waals surface area contributed by atoms with E-state index in [2.05, 4.69) is 52.5 Å². The van der Waals surface area contributed by atoms with Crippen LogP contribution >= 0.6 is 24.0 Å². The first-order valence-corrected chi connectivity index (χ1v) is 10.6. The van der Waals surface area contributed by atoms with Crippen LogP contribution in [0, 0.1) is 5.92 Å². The summed E-state index contributed by atoms with van der Waals surface area (Å²) in [6.45, 7) is 7.02. The summed E-state index contributed by atoms with van der Waals surface area (Å²) < 4.78 is 0. The van der Waals surface area contributed by atoms with Gasteiger partial charge in [0.25, 0.3) is 0 Å². The molecule has 1 N–H and O–H groups in total. The zero-order chi connectivity index (χ0) is 18.9. The minimum Gasteiger partial charge on any atom is -0.357 e. The summed E-state index contributed by atoms with van der Waals surface area (Å²) in [7, 11) is 0. The van der Waals surface area contributed by atoms with E-state index in [-0.39, 0.29) is 36.4 Å². The third-order valence-electron chi connectivity index (χ3n) is 5.69. The average molecular weight is 498 g/mol. The van der Waals surface area contributed by atoms with Crippen LogP contribution in [-0.4, -0.2) is 60.9 Å². The second-order valence-electron chi connectivity index (χ2n) is 7.73. The van der Waals surface area contributed by atoms with Crippen molar-refractivity contribution in [3.05, 3.63) is 35.9 Å². The highest BCUT2D eigenvalue weighted by Crippen LogP contribution is 2.21. The van der Waals surface area contributed by atoms with Crippen molar-refractivity contribution >= 4 is 35.8 Å². The molecule has 28 heavy (non-hydrogen) atoms. The Labute approximate surface area is 187 Å². The number of carbonyl (C=O) groups is 1. The van der Waals surface area contributed by atoms with Crippen LogP contribution in [0.1, 0.15) is 44.6 Å². The smallest absolute Gasteiger partial charge is 0.244 e. The summed E-state index contributed by atoms with van der Waals surface area (Å²) in [5, 5.41) is 3.38. The van der Waals surface area contributed by atoms with E-state index in [9.17, 15) is 4.79 Å². The number of aliphatic imine (C=N–C) groups is 1. The van der Waals surface area contributed by atoms with Crippen molar-refractivity contribution in [1.29, 1.82) is 0 Å². The van der Waals surface area contributed by atoms with Gasteiger partial charge in [-0.25, -0.2) is 4.99 Å². The van der Waals surface area contributed by atoms with E-state index in [1.54, 1.807) is 0 Å². The molecule has 156 valence electrons. The Hall–Kier alpha value is -1.31. The lowest BCUT2D eigenvalue weighted by atomic mass is 9.90. The maximum atomic E-state index is 12.4. The summed E-state index contributed by atoms with van der Waals surface area (Å²) in [4.78, 5) is 21.4. The Bertz CT molecular complexity index is 608. The van der Waals surface area contributed by atoms with Crippen molar-refractivity contribution in [2.75, 3.05) is 39.3 Å². The molecular weight excluding hydrogens is 463 g/mol. The van der Waals surface area contributed by atoms with Gasteiger partial charge in [-0.15, -0.1) is 24.0 Å². The van der Waals surface area contributed by atoms with Gasteiger partial charge in [-0.2, -0.15) is 0 Å². The molecule has 5 nitrogen and oxygen atoms in total. The molecule has 0 aromatic heterocycles. The molecule has 1 amide bonds. The van der Waals surface area contributed by atoms with Crippen LogP contribution < -0.4 is 5.32 Å². The van der Waals surface area contributed by atoms with E-state index >= 15 is 0 Å². The molecule has 2 aliphatic heterocycles. The SMILES string of the molecule is CCNC(=NCC(=O)N1CCCCC1)N1CCC(Cc2ccccc2)CC1.I. The monoisotopic (exact) mass is 498 g/mol. The second-order valence-corrected chi connectivity index (χ2v) is 7.73. The molecule has 2 heterocycles. The van der Waals surface area contributed by atoms with Crippen LogP contribution in [0.5, 0.6) is 0 Å². The molecule has 6 heteroatoms. The molecule has 3 rings (SSSR count). The third-order valence-corrected chi connectivity index (χ3v) is 5.69. The predicted octanol–water partition coefficient (Wildman–Crippen LogP) is 3.54. The molecule has 1 aromatic rings. The van der Waals surface area contributed by atoms with Crippen molar-refractivity contribution in [3.8, 4) is 0 Å². The number of hydrogen-bond donors (Lipinski definition) is 1. The number of amides is 1. The van der Waals surface area contributed by atoms with E-state index in [1.807, 2.05) is 4.90 Å². The summed E-state index contributed by atoms with van der Waals surface area (Å²) in [6.07, 6.45) is 7.02. The Morgan fingerprint density at radius 3 is 2.36 bits per heavy atom. The maximum Gasteiger partial charge on any atom is 0.244 e. The fourth-order valence-electron chi connectivity index (χ4n) is 4.11. The zero-order valence-electron chi connectivity index (χ0n) is 17.1. The molecule has 0 aliphatic carbocycles. The van der Waals surface area contributed by atoms with Gasteiger partial charge in [0, 0.05) is 32.7 Å². The lowest BCUT2D eigenvalue weighted by Gasteiger charge is -2.34. The Balaban J connectivity index is 0.00000280. The van der Waals surface area contributed by atoms with Crippen molar-refractivity contribution in [2.24, 2.45) is 10.9 Å². The lowest BCUT2D eigenvalue weighted by Crippen LogP contribution is -2.46. The van der Waals surface area contributed by atoms with Gasteiger partial charge < -0.3 is 15.1 Å². The molecule has 1 aromatic carbocycles. The first kappa shape index (κ1) is 23.0. The molecule has 0 saturated carbocycles. The molecule has 2 aliphatic rings. The second kappa shape index (κ2) is 12.3. The fraction of sp³-hybridized carbons (Fsp3) is 0.636. The normalized spacial score (nSPS) is 18.5. The van der Waals surface area contributed by atoms with Gasteiger partial charge in [-0.1, -0.05) is 30.3 Å². The van der Waals surface area contributed by atoms with E-state index in [4.69, 9.17) is 0 Å². The Morgan fingerprint density at radius 2 is 1.71 bits per heavy atom. The van der Waals surface area contributed by atoms with Crippen molar-refractivity contribution < 1.29 is 4.79 Å². The van der Waals surface area contributed by atoms with Gasteiger partial charge in [0.1, 0.15) is 6.54 Å². The Kier molecular flexibility index (Phi) is 10.1. The number of likely N-dealkylation sites (tertiary alicyclic amines) is 2. The largest absolute Gasteiger partial charge is 0.357 e. The minimum atomic E-state index is 0. The number of nitrogens with one attached hydrogen (secondary N) is 1. The number of benzene rings is 1. The number of piperidine rings is 2. The summed E-state index contributed by atoms with van der Waals surface area (Å²) in [5.74, 6) is 1.81. The van der Waals surface area contributed by atoms with E-state index in [1.165, 1.54) is 24.8 Å². The summed E-state index contributed by atoms with van der Waals surface area (Å²) >= 11 is 0. The molecule has 0 atom stereocenters. The first-order chi connectivity index (χ1) is 13.3.